The molecule has 2 heterocycles. The molecule has 0 bridgehead atoms. The maximum Gasteiger partial charge on any atom is 0.272 e. The van der Waals surface area contributed by atoms with Crippen LogP contribution in [0.4, 0.5) is 5.95 Å². The van der Waals surface area contributed by atoms with Gasteiger partial charge in [-0.3, -0.25) is 4.79 Å². The minimum absolute atomic E-state index is 0.0114. The number of carbonyl (C=O) groups is 1. The number of amides is 1. The van der Waals surface area contributed by atoms with E-state index in [9.17, 15) is 4.79 Å². The third kappa shape index (κ3) is 4.31. The first kappa shape index (κ1) is 18.2. The van der Waals surface area contributed by atoms with Crippen LogP contribution >= 0.6 is 0 Å². The van der Waals surface area contributed by atoms with E-state index < -0.39 is 0 Å². The van der Waals surface area contributed by atoms with Gasteiger partial charge in [-0.15, -0.1) is 0 Å². The molecule has 0 unspecified atom stereocenters. The monoisotopic (exact) mass is 354 g/mol. The van der Waals surface area contributed by atoms with Gasteiger partial charge in [0.2, 0.25) is 5.95 Å². The Kier molecular flexibility index (Phi) is 5.71. The molecule has 1 aliphatic rings. The summed E-state index contributed by atoms with van der Waals surface area (Å²) in [5.74, 6) is 1.95. The molecule has 26 heavy (non-hydrogen) atoms. The minimum Gasteiger partial charge on any atom is -0.496 e. The number of rotatable bonds is 5. The lowest BCUT2D eigenvalue weighted by atomic mass is 9.99. The van der Waals surface area contributed by atoms with Crippen LogP contribution in [-0.4, -0.2) is 41.0 Å². The minimum atomic E-state index is -0.0114. The molecule has 1 aromatic carbocycles. The molecule has 3 rings (SSSR count). The molecule has 0 radical (unpaired) electrons. The largest absolute Gasteiger partial charge is 0.496 e. The van der Waals surface area contributed by atoms with E-state index in [1.54, 1.807) is 13.2 Å². The lowest BCUT2D eigenvalue weighted by Gasteiger charge is -2.30. The summed E-state index contributed by atoms with van der Waals surface area (Å²) in [4.78, 5) is 23.5. The van der Waals surface area contributed by atoms with Gasteiger partial charge in [0.15, 0.2) is 0 Å². The van der Waals surface area contributed by atoms with Crippen LogP contribution in [0.15, 0.2) is 30.3 Å². The predicted octanol–water partition coefficient (Wildman–Crippen LogP) is 3.28. The van der Waals surface area contributed by atoms with Gasteiger partial charge in [0.1, 0.15) is 11.4 Å². The Labute approximate surface area is 154 Å². The van der Waals surface area contributed by atoms with Gasteiger partial charge in [0.25, 0.3) is 5.91 Å². The topological polar surface area (TPSA) is 67.3 Å². The molecule has 138 valence electrons. The number of likely N-dealkylation sites (tertiary alicyclic amines) is 1. The van der Waals surface area contributed by atoms with Gasteiger partial charge in [-0.1, -0.05) is 25.1 Å². The van der Waals surface area contributed by atoms with Crippen molar-refractivity contribution in [1.82, 2.24) is 14.9 Å². The summed E-state index contributed by atoms with van der Waals surface area (Å²) in [5, 5.41) is 3.21. The van der Waals surface area contributed by atoms with Crippen molar-refractivity contribution in [3.63, 3.8) is 0 Å². The van der Waals surface area contributed by atoms with E-state index in [0.29, 0.717) is 24.1 Å². The van der Waals surface area contributed by atoms with E-state index >= 15 is 0 Å². The average molecular weight is 354 g/mol. The van der Waals surface area contributed by atoms with Crippen molar-refractivity contribution in [2.75, 3.05) is 25.5 Å². The maximum absolute atomic E-state index is 12.8. The number of benzene rings is 1. The molecule has 1 aromatic heterocycles. The Balaban J connectivity index is 1.72. The van der Waals surface area contributed by atoms with Crippen LogP contribution in [0, 0.1) is 12.8 Å². The van der Waals surface area contributed by atoms with Gasteiger partial charge in [-0.05, 0) is 37.8 Å². The molecule has 1 aliphatic heterocycles. The van der Waals surface area contributed by atoms with Crippen LogP contribution in [-0.2, 0) is 6.54 Å². The quantitative estimate of drug-likeness (QED) is 0.892. The van der Waals surface area contributed by atoms with Crippen molar-refractivity contribution in [1.29, 1.82) is 0 Å². The van der Waals surface area contributed by atoms with Gasteiger partial charge in [-0.2, -0.15) is 0 Å². The highest BCUT2D eigenvalue weighted by Crippen LogP contribution is 2.20. The number of para-hydroxylation sites is 1. The summed E-state index contributed by atoms with van der Waals surface area (Å²) >= 11 is 0. The number of hydrogen-bond donors (Lipinski definition) is 1. The second-order valence-electron chi connectivity index (χ2n) is 6.86. The maximum atomic E-state index is 12.8. The number of hydrogen-bond acceptors (Lipinski definition) is 5. The fourth-order valence-corrected chi connectivity index (χ4v) is 3.15. The van der Waals surface area contributed by atoms with E-state index in [0.717, 1.165) is 42.9 Å². The molecule has 1 amide bonds. The van der Waals surface area contributed by atoms with Crippen molar-refractivity contribution in [3.05, 3.63) is 47.3 Å². The summed E-state index contributed by atoms with van der Waals surface area (Å²) in [5.41, 5.74) is 2.24. The summed E-state index contributed by atoms with van der Waals surface area (Å²) in [7, 11) is 1.65. The molecule has 1 N–H and O–H groups in total. The highest BCUT2D eigenvalue weighted by molar-refractivity contribution is 5.92. The molecule has 1 saturated heterocycles. The normalized spacial score (nSPS) is 15.0. The first-order valence-electron chi connectivity index (χ1n) is 9.07. The van der Waals surface area contributed by atoms with E-state index in [1.165, 1.54) is 0 Å². The molecule has 0 spiro atoms. The Morgan fingerprint density at radius 3 is 2.73 bits per heavy atom. The van der Waals surface area contributed by atoms with Gasteiger partial charge in [0, 0.05) is 30.9 Å². The lowest BCUT2D eigenvalue weighted by Crippen LogP contribution is -2.38. The Morgan fingerprint density at radius 1 is 1.27 bits per heavy atom. The van der Waals surface area contributed by atoms with Crippen LogP contribution in [0.25, 0.3) is 0 Å². The zero-order valence-electron chi connectivity index (χ0n) is 15.7. The number of ether oxygens (including phenoxy) is 1. The SMILES string of the molecule is COc1ccccc1CNc1nc(C)cc(C(=O)N2CCC(C)CC2)n1. The number of anilines is 1. The molecular formula is C20H26N4O2. The molecule has 2 aromatic rings. The van der Waals surface area contributed by atoms with Crippen molar-refractivity contribution in [3.8, 4) is 5.75 Å². The van der Waals surface area contributed by atoms with Gasteiger partial charge in [-0.25, -0.2) is 9.97 Å². The third-order valence-corrected chi connectivity index (χ3v) is 4.77. The van der Waals surface area contributed by atoms with E-state index in [1.807, 2.05) is 36.1 Å². The van der Waals surface area contributed by atoms with Crippen LogP contribution < -0.4 is 10.1 Å². The first-order valence-corrected chi connectivity index (χ1v) is 9.07. The fraction of sp³-hybridized carbons (Fsp3) is 0.450. The molecule has 1 fully saturated rings. The second-order valence-corrected chi connectivity index (χ2v) is 6.86. The number of aryl methyl sites for hydroxylation is 1. The summed E-state index contributed by atoms with van der Waals surface area (Å²) in [6, 6.07) is 9.56. The second kappa shape index (κ2) is 8.17. The summed E-state index contributed by atoms with van der Waals surface area (Å²) in [6.45, 7) is 6.24. The molecule has 0 aliphatic carbocycles. The number of nitrogens with one attached hydrogen (secondary N) is 1. The highest BCUT2D eigenvalue weighted by atomic mass is 16.5. The Morgan fingerprint density at radius 2 is 2.00 bits per heavy atom. The van der Waals surface area contributed by atoms with E-state index in [-0.39, 0.29) is 5.91 Å². The van der Waals surface area contributed by atoms with Crippen molar-refractivity contribution >= 4 is 11.9 Å². The molecule has 6 heteroatoms. The molecule has 0 saturated carbocycles. The van der Waals surface area contributed by atoms with Gasteiger partial charge >= 0.3 is 0 Å². The number of piperidine rings is 1. The van der Waals surface area contributed by atoms with E-state index in [4.69, 9.17) is 4.74 Å². The highest BCUT2D eigenvalue weighted by Gasteiger charge is 2.23. The van der Waals surface area contributed by atoms with Gasteiger partial charge < -0.3 is 15.0 Å². The number of nitrogens with zero attached hydrogens (tertiary/aromatic N) is 3. The van der Waals surface area contributed by atoms with Crippen LogP contribution in [0.1, 0.15) is 41.5 Å². The first-order chi connectivity index (χ1) is 12.6. The molecule has 0 atom stereocenters. The third-order valence-electron chi connectivity index (χ3n) is 4.77. The van der Waals surface area contributed by atoms with Gasteiger partial charge in [0.05, 0.1) is 7.11 Å². The summed E-state index contributed by atoms with van der Waals surface area (Å²) in [6.07, 6.45) is 2.10. The lowest BCUT2D eigenvalue weighted by molar-refractivity contribution is 0.0691. The zero-order valence-corrected chi connectivity index (χ0v) is 15.7. The van der Waals surface area contributed by atoms with E-state index in [2.05, 4.69) is 22.2 Å². The number of carbonyl (C=O) groups excluding carboxylic acids is 1. The van der Waals surface area contributed by atoms with Crippen LogP contribution in [0.5, 0.6) is 5.75 Å². The summed E-state index contributed by atoms with van der Waals surface area (Å²) < 4.78 is 5.37. The molecule has 6 nitrogen and oxygen atoms in total. The Bertz CT molecular complexity index is 770. The number of aromatic nitrogens is 2. The molecular weight excluding hydrogens is 328 g/mol. The van der Waals surface area contributed by atoms with Crippen molar-refractivity contribution in [2.24, 2.45) is 5.92 Å². The number of methoxy groups -OCH3 is 1. The average Bonchev–Trinajstić information content (AvgIpc) is 2.66. The van der Waals surface area contributed by atoms with Crippen LogP contribution in [0.2, 0.25) is 0 Å². The Hall–Kier alpha value is -2.63. The van der Waals surface area contributed by atoms with Crippen LogP contribution in [0.3, 0.4) is 0 Å². The van der Waals surface area contributed by atoms with Crippen molar-refractivity contribution in [2.45, 2.75) is 33.2 Å². The standard InChI is InChI=1S/C20H26N4O2/c1-14-8-10-24(11-9-14)19(25)17-12-15(2)22-20(23-17)21-13-16-6-4-5-7-18(16)26-3/h4-7,12,14H,8-11,13H2,1-3H3,(H,21,22,23). The smallest absolute Gasteiger partial charge is 0.272 e. The predicted molar refractivity (Wildman–Crippen MR) is 101 cm³/mol. The zero-order chi connectivity index (χ0) is 18.5. The van der Waals surface area contributed by atoms with Crippen molar-refractivity contribution < 1.29 is 9.53 Å². The fourth-order valence-electron chi connectivity index (χ4n) is 3.15.